The number of nitrogens with zero attached hydrogens (tertiary/aromatic N) is 1. The van der Waals surface area contributed by atoms with E-state index < -0.39 is 0 Å². The van der Waals surface area contributed by atoms with Crippen LogP contribution >= 0.6 is 0 Å². The summed E-state index contributed by atoms with van der Waals surface area (Å²) in [6.45, 7) is 0.525. The van der Waals surface area contributed by atoms with Gasteiger partial charge in [-0.2, -0.15) is 0 Å². The highest BCUT2D eigenvalue weighted by molar-refractivity contribution is 5.91. The molecule has 0 saturated carbocycles. The molecule has 3 nitrogen and oxygen atoms in total. The van der Waals surface area contributed by atoms with Crippen molar-refractivity contribution in [2.24, 2.45) is 0 Å². The minimum atomic E-state index is 0.0138. The molecule has 1 atom stereocenters. The van der Waals surface area contributed by atoms with Gasteiger partial charge in [-0.25, -0.2) is 0 Å². The number of rotatable bonds is 2. The summed E-state index contributed by atoms with van der Waals surface area (Å²) in [5.41, 5.74) is 0.975. The van der Waals surface area contributed by atoms with Crippen LogP contribution in [0.25, 0.3) is 0 Å². The third kappa shape index (κ3) is 1.36. The molecular weight excluding hydrogens is 152 g/mol. The Hall–Kier alpha value is -1.22. The molecule has 0 amide bonds. The SMILES string of the molecule is O=C1CNC1Cc1ccccn1. The Kier molecular flexibility index (Phi) is 1.87. The number of ketones is 1. The second-order valence-electron chi connectivity index (χ2n) is 2.92. The van der Waals surface area contributed by atoms with Gasteiger partial charge < -0.3 is 5.32 Å². The monoisotopic (exact) mass is 162 g/mol. The summed E-state index contributed by atoms with van der Waals surface area (Å²) in [5, 5.41) is 3.05. The van der Waals surface area contributed by atoms with E-state index in [2.05, 4.69) is 10.3 Å². The topological polar surface area (TPSA) is 42.0 Å². The normalized spacial score (nSPS) is 22.0. The summed E-state index contributed by atoms with van der Waals surface area (Å²) in [6.07, 6.45) is 2.47. The molecule has 1 aromatic rings. The van der Waals surface area contributed by atoms with Crippen molar-refractivity contribution in [2.45, 2.75) is 12.5 Å². The number of carbonyl (C=O) groups is 1. The number of pyridine rings is 1. The predicted molar refractivity (Wildman–Crippen MR) is 44.7 cm³/mol. The van der Waals surface area contributed by atoms with Crippen LogP contribution in [-0.4, -0.2) is 23.4 Å². The first-order valence-electron chi connectivity index (χ1n) is 4.02. The fourth-order valence-electron chi connectivity index (χ4n) is 1.24. The zero-order valence-corrected chi connectivity index (χ0v) is 6.66. The molecule has 1 aromatic heterocycles. The minimum absolute atomic E-state index is 0.0138. The number of carbonyl (C=O) groups excluding carboxylic acids is 1. The Labute approximate surface area is 70.8 Å². The van der Waals surface area contributed by atoms with E-state index in [0.717, 1.165) is 12.1 Å². The quantitative estimate of drug-likeness (QED) is 0.673. The lowest BCUT2D eigenvalue weighted by atomic mass is 10.00. The Morgan fingerprint density at radius 3 is 3.00 bits per heavy atom. The molecule has 3 heteroatoms. The molecule has 0 radical (unpaired) electrons. The van der Waals surface area contributed by atoms with Crippen LogP contribution in [0, 0.1) is 0 Å². The van der Waals surface area contributed by atoms with Gasteiger partial charge in [0.1, 0.15) is 0 Å². The van der Waals surface area contributed by atoms with E-state index in [-0.39, 0.29) is 6.04 Å². The zero-order chi connectivity index (χ0) is 8.39. The van der Waals surface area contributed by atoms with E-state index >= 15 is 0 Å². The number of aromatic nitrogens is 1. The summed E-state index contributed by atoms with van der Waals surface area (Å²) >= 11 is 0. The minimum Gasteiger partial charge on any atom is -0.300 e. The van der Waals surface area contributed by atoms with Gasteiger partial charge in [0.2, 0.25) is 0 Å². The molecule has 12 heavy (non-hydrogen) atoms. The Bertz CT molecular complexity index is 284. The summed E-state index contributed by atoms with van der Waals surface area (Å²) in [4.78, 5) is 15.1. The van der Waals surface area contributed by atoms with Crippen LogP contribution in [0.15, 0.2) is 24.4 Å². The van der Waals surface area contributed by atoms with Crippen molar-refractivity contribution >= 4 is 5.78 Å². The van der Waals surface area contributed by atoms with Crippen LogP contribution in [0.3, 0.4) is 0 Å². The zero-order valence-electron chi connectivity index (χ0n) is 6.66. The molecule has 0 spiro atoms. The fourth-order valence-corrected chi connectivity index (χ4v) is 1.24. The maximum atomic E-state index is 10.9. The summed E-state index contributed by atoms with van der Waals surface area (Å²) in [5.74, 6) is 0.292. The first kappa shape index (κ1) is 7.43. The number of Topliss-reactive ketones (excluding diaryl/α,β-unsaturated/α-hetero) is 1. The lowest BCUT2D eigenvalue weighted by molar-refractivity contribution is -0.125. The van der Waals surface area contributed by atoms with Gasteiger partial charge in [0, 0.05) is 18.3 Å². The maximum absolute atomic E-state index is 10.9. The van der Waals surface area contributed by atoms with Gasteiger partial charge >= 0.3 is 0 Å². The highest BCUT2D eigenvalue weighted by atomic mass is 16.1. The maximum Gasteiger partial charge on any atom is 0.163 e. The Morgan fingerprint density at radius 1 is 1.58 bits per heavy atom. The summed E-state index contributed by atoms with van der Waals surface area (Å²) in [7, 11) is 0. The van der Waals surface area contributed by atoms with Crippen molar-refractivity contribution in [1.29, 1.82) is 0 Å². The lowest BCUT2D eigenvalue weighted by Crippen LogP contribution is -2.54. The third-order valence-electron chi connectivity index (χ3n) is 2.05. The van der Waals surface area contributed by atoms with Crippen molar-refractivity contribution < 1.29 is 4.79 Å². The molecule has 2 heterocycles. The second-order valence-corrected chi connectivity index (χ2v) is 2.92. The van der Waals surface area contributed by atoms with Crippen LogP contribution in [0.1, 0.15) is 5.69 Å². The average molecular weight is 162 g/mol. The molecule has 0 aromatic carbocycles. The number of hydrogen-bond donors (Lipinski definition) is 1. The van der Waals surface area contributed by atoms with Gasteiger partial charge in [0.25, 0.3) is 0 Å². The van der Waals surface area contributed by atoms with Crippen molar-refractivity contribution in [3.63, 3.8) is 0 Å². The number of nitrogens with one attached hydrogen (secondary N) is 1. The van der Waals surface area contributed by atoms with E-state index in [0.29, 0.717) is 12.3 Å². The third-order valence-corrected chi connectivity index (χ3v) is 2.05. The van der Waals surface area contributed by atoms with Gasteiger partial charge in [-0.05, 0) is 12.1 Å². The molecular formula is C9H10N2O. The van der Waals surface area contributed by atoms with Crippen molar-refractivity contribution in [2.75, 3.05) is 6.54 Å². The molecule has 62 valence electrons. The molecule has 2 rings (SSSR count). The van der Waals surface area contributed by atoms with Crippen molar-refractivity contribution in [1.82, 2.24) is 10.3 Å². The fraction of sp³-hybridized carbons (Fsp3) is 0.333. The molecule has 1 aliphatic heterocycles. The van der Waals surface area contributed by atoms with E-state index in [1.807, 2.05) is 18.2 Å². The molecule has 0 bridgehead atoms. The van der Waals surface area contributed by atoms with E-state index in [1.165, 1.54) is 0 Å². The standard InChI is InChI=1S/C9H10N2O/c12-9-6-11-8(9)5-7-3-1-2-4-10-7/h1-4,8,11H,5-6H2. The Balaban J connectivity index is 2.00. The van der Waals surface area contributed by atoms with Crippen molar-refractivity contribution in [3.8, 4) is 0 Å². The van der Waals surface area contributed by atoms with E-state index in [1.54, 1.807) is 6.20 Å². The molecule has 0 aliphatic carbocycles. The molecule has 1 N–H and O–H groups in total. The summed E-state index contributed by atoms with van der Waals surface area (Å²) < 4.78 is 0. The van der Waals surface area contributed by atoms with Crippen LogP contribution in [0.2, 0.25) is 0 Å². The number of hydrogen-bond acceptors (Lipinski definition) is 3. The Morgan fingerprint density at radius 2 is 2.50 bits per heavy atom. The van der Waals surface area contributed by atoms with Gasteiger partial charge in [-0.3, -0.25) is 9.78 Å². The molecule has 1 saturated heterocycles. The largest absolute Gasteiger partial charge is 0.300 e. The van der Waals surface area contributed by atoms with E-state index in [9.17, 15) is 4.79 Å². The predicted octanol–water partition coefficient (Wildman–Crippen LogP) is 0.165. The summed E-state index contributed by atoms with van der Waals surface area (Å²) in [6, 6.07) is 5.76. The van der Waals surface area contributed by atoms with Gasteiger partial charge in [-0.1, -0.05) is 6.07 Å². The highest BCUT2D eigenvalue weighted by Gasteiger charge is 2.27. The van der Waals surface area contributed by atoms with Crippen LogP contribution in [0.4, 0.5) is 0 Å². The second kappa shape index (κ2) is 3.03. The first-order valence-corrected chi connectivity index (χ1v) is 4.02. The smallest absolute Gasteiger partial charge is 0.163 e. The van der Waals surface area contributed by atoms with Gasteiger partial charge in [0.05, 0.1) is 12.6 Å². The highest BCUT2D eigenvalue weighted by Crippen LogP contribution is 2.05. The average Bonchev–Trinajstić information content (AvgIpc) is 2.14. The van der Waals surface area contributed by atoms with E-state index in [4.69, 9.17) is 0 Å². The van der Waals surface area contributed by atoms with Gasteiger partial charge in [0.15, 0.2) is 5.78 Å². The van der Waals surface area contributed by atoms with Crippen LogP contribution < -0.4 is 5.32 Å². The van der Waals surface area contributed by atoms with Gasteiger partial charge in [-0.15, -0.1) is 0 Å². The van der Waals surface area contributed by atoms with Crippen LogP contribution in [-0.2, 0) is 11.2 Å². The molecule has 1 unspecified atom stereocenters. The van der Waals surface area contributed by atoms with Crippen molar-refractivity contribution in [3.05, 3.63) is 30.1 Å². The van der Waals surface area contributed by atoms with Crippen LogP contribution in [0.5, 0.6) is 0 Å². The molecule has 1 aliphatic rings. The first-order chi connectivity index (χ1) is 5.86. The lowest BCUT2D eigenvalue weighted by Gasteiger charge is -2.25. The molecule has 1 fully saturated rings.